The van der Waals surface area contributed by atoms with Crippen molar-refractivity contribution in [3.63, 3.8) is 0 Å². The van der Waals surface area contributed by atoms with Crippen molar-refractivity contribution in [1.82, 2.24) is 10.2 Å². The van der Waals surface area contributed by atoms with Gasteiger partial charge in [0.25, 0.3) is 0 Å². The lowest BCUT2D eigenvalue weighted by molar-refractivity contribution is -0.157. The van der Waals surface area contributed by atoms with Gasteiger partial charge in [-0.15, -0.1) is 0 Å². The van der Waals surface area contributed by atoms with Crippen molar-refractivity contribution in [2.75, 3.05) is 32.9 Å². The van der Waals surface area contributed by atoms with Crippen LogP contribution in [0.25, 0.3) is 5.57 Å². The van der Waals surface area contributed by atoms with E-state index in [-0.39, 0.29) is 24.6 Å². The fourth-order valence-electron chi connectivity index (χ4n) is 6.52. The van der Waals surface area contributed by atoms with Gasteiger partial charge in [0.15, 0.2) is 0 Å². The second-order valence-electron chi connectivity index (χ2n) is 11.1. The van der Waals surface area contributed by atoms with Crippen molar-refractivity contribution in [1.29, 1.82) is 0 Å². The van der Waals surface area contributed by atoms with Crippen molar-refractivity contribution >= 4 is 11.5 Å². The van der Waals surface area contributed by atoms with Gasteiger partial charge in [0.05, 0.1) is 18.1 Å². The van der Waals surface area contributed by atoms with Crippen LogP contribution in [-0.2, 0) is 11.2 Å². The minimum Gasteiger partial charge on any atom is -0.492 e. The molecule has 5 rings (SSSR count). The molecule has 0 aromatic heterocycles. The highest BCUT2D eigenvalue weighted by Crippen LogP contribution is 2.53. The number of nitrogens with zero attached hydrogens (tertiary/aromatic N) is 1. The predicted octanol–water partition coefficient (Wildman–Crippen LogP) is 5.86. The minimum atomic E-state index is -0.778. The van der Waals surface area contributed by atoms with Crippen LogP contribution in [0.15, 0.2) is 42.0 Å². The quantitative estimate of drug-likeness (QED) is 0.361. The van der Waals surface area contributed by atoms with Gasteiger partial charge in [0.2, 0.25) is 0 Å². The highest BCUT2D eigenvalue weighted by atomic mass is 19.1. The number of carbonyl (C=O) groups is 1. The molecule has 0 unspecified atom stereocenters. The lowest BCUT2D eigenvalue weighted by Crippen LogP contribution is -2.52. The summed E-state index contributed by atoms with van der Waals surface area (Å²) in [6.07, 6.45) is 4.25. The van der Waals surface area contributed by atoms with Crippen LogP contribution in [0, 0.1) is 18.2 Å². The summed E-state index contributed by atoms with van der Waals surface area (Å²) in [7, 11) is 0. The Morgan fingerprint density at radius 2 is 2.00 bits per heavy atom. The van der Waals surface area contributed by atoms with Crippen molar-refractivity contribution in [2.24, 2.45) is 5.41 Å². The van der Waals surface area contributed by atoms with Crippen LogP contribution in [0.4, 0.5) is 8.78 Å². The van der Waals surface area contributed by atoms with E-state index in [2.05, 4.69) is 35.3 Å². The summed E-state index contributed by atoms with van der Waals surface area (Å²) in [5.74, 6) is -0.416. The highest BCUT2D eigenvalue weighted by molar-refractivity contribution is 5.80. The summed E-state index contributed by atoms with van der Waals surface area (Å²) < 4.78 is 34.3. The molecule has 0 saturated heterocycles. The Morgan fingerprint density at radius 3 is 2.71 bits per heavy atom. The molecule has 0 radical (unpaired) electrons. The molecule has 0 bridgehead atoms. The number of hydrogen-bond acceptors (Lipinski definition) is 4. The van der Waals surface area contributed by atoms with Crippen molar-refractivity contribution in [2.45, 2.75) is 64.5 Å². The topological polar surface area (TPSA) is 61.8 Å². The summed E-state index contributed by atoms with van der Waals surface area (Å²) in [6, 6.07) is 11.2. The van der Waals surface area contributed by atoms with Gasteiger partial charge in [-0.2, -0.15) is 0 Å². The van der Waals surface area contributed by atoms with E-state index in [4.69, 9.17) is 4.74 Å². The number of carboxylic acid groups (broad SMARTS) is 1. The zero-order valence-electron chi connectivity index (χ0n) is 22.4. The monoisotopic (exact) mass is 524 g/mol. The highest BCUT2D eigenvalue weighted by Gasteiger charge is 2.50. The van der Waals surface area contributed by atoms with E-state index in [1.165, 1.54) is 28.3 Å². The zero-order chi connectivity index (χ0) is 26.9. The smallest absolute Gasteiger partial charge is 0.310 e. The van der Waals surface area contributed by atoms with Crippen LogP contribution in [0.5, 0.6) is 5.75 Å². The van der Waals surface area contributed by atoms with Gasteiger partial charge in [-0.25, -0.2) is 4.39 Å². The number of nitrogens with one attached hydrogen (secondary N) is 1. The first-order valence-corrected chi connectivity index (χ1v) is 13.8. The maximum Gasteiger partial charge on any atom is 0.310 e. The number of carboxylic acids is 1. The second kappa shape index (κ2) is 11.1. The molecule has 2 N–H and O–H groups in total. The number of alkyl halides is 1. The Labute approximate surface area is 223 Å². The number of halogens is 2. The summed E-state index contributed by atoms with van der Waals surface area (Å²) in [6.45, 7) is 5.66. The number of fused-ring (bicyclic) bond motifs is 2. The SMILES string of the molecule is Cc1c(OCCNCCCF)ccc(F)c1[C@@H]1C2=C(C[C@@H](C)N1CC1(C(=O)O)CCC1)c1ccccc1C2. The first-order valence-electron chi connectivity index (χ1n) is 13.8. The van der Waals surface area contributed by atoms with Crippen LogP contribution >= 0.6 is 0 Å². The van der Waals surface area contributed by atoms with Gasteiger partial charge in [-0.1, -0.05) is 30.7 Å². The van der Waals surface area contributed by atoms with Crippen molar-refractivity contribution in [3.05, 3.63) is 70.0 Å². The molecule has 1 saturated carbocycles. The molecule has 0 amide bonds. The van der Waals surface area contributed by atoms with Crippen LogP contribution in [-0.4, -0.2) is 54.9 Å². The Hall–Kier alpha value is -2.77. The van der Waals surface area contributed by atoms with Crippen molar-refractivity contribution in [3.8, 4) is 5.75 Å². The summed E-state index contributed by atoms with van der Waals surface area (Å²) in [5, 5.41) is 13.3. The average Bonchev–Trinajstić information content (AvgIpc) is 3.23. The molecule has 0 spiro atoms. The number of hydrogen-bond donors (Lipinski definition) is 2. The molecule has 1 heterocycles. The normalized spacial score (nSPS) is 22.1. The Kier molecular flexibility index (Phi) is 7.87. The Bertz CT molecular complexity index is 1220. The zero-order valence-corrected chi connectivity index (χ0v) is 22.4. The van der Waals surface area contributed by atoms with Gasteiger partial charge in [-0.05, 0) is 92.5 Å². The summed E-state index contributed by atoms with van der Waals surface area (Å²) in [5.41, 5.74) is 5.49. The van der Waals surface area contributed by atoms with Crippen LogP contribution < -0.4 is 10.1 Å². The third-order valence-electron chi connectivity index (χ3n) is 8.80. The first kappa shape index (κ1) is 26.8. The summed E-state index contributed by atoms with van der Waals surface area (Å²) >= 11 is 0. The molecule has 1 fully saturated rings. The molecule has 5 nitrogen and oxygen atoms in total. The maximum absolute atomic E-state index is 15.8. The molecule has 3 aliphatic rings. The van der Waals surface area contributed by atoms with Gasteiger partial charge < -0.3 is 15.2 Å². The fourth-order valence-corrected chi connectivity index (χ4v) is 6.52. The van der Waals surface area contributed by atoms with E-state index < -0.39 is 11.4 Å². The second-order valence-corrected chi connectivity index (χ2v) is 11.1. The Morgan fingerprint density at radius 1 is 1.21 bits per heavy atom. The first-order chi connectivity index (χ1) is 18.4. The molecule has 2 atom stereocenters. The molecule has 1 aliphatic heterocycles. The molecule has 7 heteroatoms. The number of aliphatic carboxylic acids is 1. The molecular formula is C31H38F2N2O3. The molecular weight excluding hydrogens is 486 g/mol. The number of rotatable bonds is 11. The van der Waals surface area contributed by atoms with E-state index in [1.807, 2.05) is 13.0 Å². The largest absolute Gasteiger partial charge is 0.492 e. The Balaban J connectivity index is 1.52. The standard InChI is InChI=1S/C31H38F2N2O3/c1-20-17-24-23-8-4-3-7-22(23)18-25(24)29(35(20)19-31(30(36)37)11-5-12-31)28-21(2)27(10-9-26(28)33)38-16-15-34-14-6-13-32/h3-4,7-10,20,29,34H,5-6,11-19H2,1-2H3,(H,36,37)/t20-,29+/m1/s1. The molecule has 38 heavy (non-hydrogen) atoms. The molecule has 2 aromatic carbocycles. The summed E-state index contributed by atoms with van der Waals surface area (Å²) in [4.78, 5) is 14.6. The maximum atomic E-state index is 15.8. The molecule has 204 valence electrons. The van der Waals surface area contributed by atoms with E-state index in [9.17, 15) is 14.3 Å². The van der Waals surface area contributed by atoms with E-state index in [0.29, 0.717) is 56.8 Å². The van der Waals surface area contributed by atoms with Crippen molar-refractivity contribution < 1.29 is 23.4 Å². The number of benzene rings is 2. The third-order valence-corrected chi connectivity index (χ3v) is 8.80. The van der Waals surface area contributed by atoms with Crippen LogP contribution in [0.1, 0.15) is 67.3 Å². The van der Waals surface area contributed by atoms with E-state index >= 15 is 4.39 Å². The number of ether oxygens (including phenoxy) is 1. The lowest BCUT2D eigenvalue weighted by Gasteiger charge is -2.49. The lowest BCUT2D eigenvalue weighted by atomic mass is 9.67. The van der Waals surface area contributed by atoms with Crippen LogP contribution in [0.2, 0.25) is 0 Å². The third kappa shape index (κ3) is 4.87. The molecule has 2 aromatic rings. The van der Waals surface area contributed by atoms with Crippen LogP contribution in [0.3, 0.4) is 0 Å². The van der Waals surface area contributed by atoms with Gasteiger partial charge in [-0.3, -0.25) is 14.1 Å². The van der Waals surface area contributed by atoms with Gasteiger partial charge in [0, 0.05) is 24.7 Å². The van der Waals surface area contributed by atoms with Gasteiger partial charge >= 0.3 is 5.97 Å². The molecule has 2 aliphatic carbocycles. The average molecular weight is 525 g/mol. The van der Waals surface area contributed by atoms with Gasteiger partial charge in [0.1, 0.15) is 18.2 Å². The van der Waals surface area contributed by atoms with E-state index in [1.54, 1.807) is 6.07 Å². The fraction of sp³-hybridized carbons (Fsp3) is 0.516. The minimum absolute atomic E-state index is 0.0600. The predicted molar refractivity (Wildman–Crippen MR) is 145 cm³/mol. The van der Waals surface area contributed by atoms with E-state index in [0.717, 1.165) is 24.8 Å².